The van der Waals surface area contributed by atoms with Gasteiger partial charge in [-0.25, -0.2) is 0 Å². The van der Waals surface area contributed by atoms with Gasteiger partial charge in [0.2, 0.25) is 0 Å². The molecule has 150 valence electrons. The van der Waals surface area contributed by atoms with Gasteiger partial charge < -0.3 is 19.5 Å². The van der Waals surface area contributed by atoms with Crippen LogP contribution in [0, 0.1) is 0 Å². The summed E-state index contributed by atoms with van der Waals surface area (Å²) in [4.78, 5) is 17.2. The molecule has 1 atom stereocenters. The maximum atomic E-state index is 13.0. The largest absolute Gasteiger partial charge is 0.507 e. The third-order valence-corrected chi connectivity index (χ3v) is 5.19. The number of H-pyrrole nitrogens is 1. The average Bonchev–Trinajstić information content (AvgIpc) is 3.09. The molecule has 4 rings (SSSR count). The van der Waals surface area contributed by atoms with E-state index in [1.165, 1.54) is 0 Å². The average molecular weight is 386 g/mol. The van der Waals surface area contributed by atoms with E-state index in [1.807, 2.05) is 11.0 Å². The number of amides is 1. The number of benzene rings is 1. The molecule has 0 bridgehead atoms. The van der Waals surface area contributed by atoms with Gasteiger partial charge in [0.1, 0.15) is 11.4 Å². The van der Waals surface area contributed by atoms with Crippen molar-refractivity contribution in [3.05, 3.63) is 36.0 Å². The number of aromatic nitrogens is 2. The highest BCUT2D eigenvalue weighted by Crippen LogP contribution is 2.27. The van der Waals surface area contributed by atoms with Gasteiger partial charge in [0, 0.05) is 44.9 Å². The summed E-state index contributed by atoms with van der Waals surface area (Å²) in [5.41, 5.74) is 1.57. The van der Waals surface area contributed by atoms with Crippen molar-refractivity contribution in [3.8, 4) is 17.0 Å². The summed E-state index contributed by atoms with van der Waals surface area (Å²) in [6.07, 6.45) is 0.802. The molecule has 1 amide bonds. The molecule has 1 aromatic heterocycles. The Balaban J connectivity index is 1.44. The van der Waals surface area contributed by atoms with E-state index in [0.717, 1.165) is 39.3 Å². The van der Waals surface area contributed by atoms with Gasteiger partial charge in [-0.15, -0.1) is 0 Å². The Morgan fingerprint density at radius 3 is 2.86 bits per heavy atom. The van der Waals surface area contributed by atoms with Gasteiger partial charge in [0.15, 0.2) is 0 Å². The standard InChI is InChI=1S/C20H26N4O4/c25-19-5-2-1-4-16(19)17-12-18(22-21-17)20(26)24-6-3-9-28-15(14-24)13-23-7-10-27-11-8-23/h1-2,4-5,12,15,25H,3,6-11,13-14H2,(H,21,22)/t15-/m0/s1. The van der Waals surface area contributed by atoms with Crippen LogP contribution in [-0.4, -0.2) is 89.7 Å². The second-order valence-electron chi connectivity index (χ2n) is 7.19. The van der Waals surface area contributed by atoms with Crippen LogP contribution >= 0.6 is 0 Å². The molecule has 2 saturated heterocycles. The number of aromatic hydroxyl groups is 1. The normalized spacial score (nSPS) is 21.4. The van der Waals surface area contributed by atoms with Crippen LogP contribution < -0.4 is 0 Å². The molecule has 28 heavy (non-hydrogen) atoms. The number of aromatic amines is 1. The van der Waals surface area contributed by atoms with Crippen LogP contribution in [-0.2, 0) is 9.47 Å². The molecule has 1 aromatic carbocycles. The summed E-state index contributed by atoms with van der Waals surface area (Å²) in [5.74, 6) is 0.0494. The van der Waals surface area contributed by atoms with Crippen LogP contribution in [0.2, 0.25) is 0 Å². The Kier molecular flexibility index (Phi) is 5.90. The molecule has 0 saturated carbocycles. The quantitative estimate of drug-likeness (QED) is 0.824. The highest BCUT2D eigenvalue weighted by atomic mass is 16.5. The van der Waals surface area contributed by atoms with E-state index in [9.17, 15) is 9.90 Å². The summed E-state index contributed by atoms with van der Waals surface area (Å²) in [6, 6.07) is 8.66. The minimum atomic E-state index is -0.0911. The SMILES string of the molecule is O=C(c1cc(-c2ccccc2O)n[nH]1)N1CCCO[C@@H](CN2CCOCC2)C1. The minimum Gasteiger partial charge on any atom is -0.507 e. The zero-order valence-corrected chi connectivity index (χ0v) is 15.8. The van der Waals surface area contributed by atoms with Crippen LogP contribution in [0.1, 0.15) is 16.9 Å². The predicted octanol–water partition coefficient (Wildman–Crippen LogP) is 1.35. The van der Waals surface area contributed by atoms with Crippen molar-refractivity contribution < 1.29 is 19.4 Å². The Morgan fingerprint density at radius 2 is 2.04 bits per heavy atom. The van der Waals surface area contributed by atoms with E-state index in [2.05, 4.69) is 15.1 Å². The molecule has 2 aromatic rings. The summed E-state index contributed by atoms with van der Waals surface area (Å²) < 4.78 is 11.4. The number of hydrogen-bond acceptors (Lipinski definition) is 6. The number of hydrogen-bond donors (Lipinski definition) is 2. The van der Waals surface area contributed by atoms with Gasteiger partial charge in [-0.05, 0) is 24.6 Å². The molecule has 0 radical (unpaired) electrons. The molecular weight excluding hydrogens is 360 g/mol. The van der Waals surface area contributed by atoms with Crippen LogP contribution in [0.3, 0.4) is 0 Å². The summed E-state index contributed by atoms with van der Waals surface area (Å²) in [5, 5.41) is 17.0. The smallest absolute Gasteiger partial charge is 0.271 e. The van der Waals surface area contributed by atoms with E-state index in [0.29, 0.717) is 36.6 Å². The van der Waals surface area contributed by atoms with Crippen molar-refractivity contribution in [2.75, 3.05) is 52.5 Å². The van der Waals surface area contributed by atoms with Crippen molar-refractivity contribution >= 4 is 5.91 Å². The van der Waals surface area contributed by atoms with Crippen LogP contribution in [0.15, 0.2) is 30.3 Å². The lowest BCUT2D eigenvalue weighted by Crippen LogP contribution is -2.45. The number of morpholine rings is 1. The topological polar surface area (TPSA) is 90.9 Å². The number of rotatable bonds is 4. The Hall–Kier alpha value is -2.42. The fourth-order valence-corrected chi connectivity index (χ4v) is 3.69. The third-order valence-electron chi connectivity index (χ3n) is 5.19. The molecule has 2 N–H and O–H groups in total. The van der Waals surface area contributed by atoms with E-state index < -0.39 is 0 Å². The first-order valence-corrected chi connectivity index (χ1v) is 9.75. The first-order valence-electron chi connectivity index (χ1n) is 9.75. The number of nitrogens with zero attached hydrogens (tertiary/aromatic N) is 3. The van der Waals surface area contributed by atoms with Gasteiger partial charge in [0.25, 0.3) is 5.91 Å². The lowest BCUT2D eigenvalue weighted by molar-refractivity contribution is -0.0112. The Bertz CT molecular complexity index is 803. The van der Waals surface area contributed by atoms with Crippen LogP contribution in [0.5, 0.6) is 5.75 Å². The van der Waals surface area contributed by atoms with E-state index >= 15 is 0 Å². The number of carbonyl (C=O) groups is 1. The molecule has 2 fully saturated rings. The fourth-order valence-electron chi connectivity index (χ4n) is 3.69. The molecule has 8 heteroatoms. The van der Waals surface area contributed by atoms with E-state index in [1.54, 1.807) is 24.3 Å². The molecule has 2 aliphatic heterocycles. The molecule has 8 nitrogen and oxygen atoms in total. The van der Waals surface area contributed by atoms with Gasteiger partial charge in [0.05, 0.1) is 25.0 Å². The molecule has 2 aliphatic rings. The molecule has 3 heterocycles. The lowest BCUT2D eigenvalue weighted by Gasteiger charge is -2.31. The summed E-state index contributed by atoms with van der Waals surface area (Å²) in [7, 11) is 0. The number of ether oxygens (including phenoxy) is 2. The van der Waals surface area contributed by atoms with Crippen molar-refractivity contribution in [2.24, 2.45) is 0 Å². The zero-order chi connectivity index (χ0) is 19.3. The Morgan fingerprint density at radius 1 is 1.21 bits per heavy atom. The maximum Gasteiger partial charge on any atom is 0.271 e. The van der Waals surface area contributed by atoms with Gasteiger partial charge in [-0.3, -0.25) is 14.8 Å². The molecule has 0 unspecified atom stereocenters. The molecular formula is C20H26N4O4. The highest BCUT2D eigenvalue weighted by Gasteiger charge is 2.27. The van der Waals surface area contributed by atoms with E-state index in [4.69, 9.17) is 9.47 Å². The third kappa shape index (κ3) is 4.35. The summed E-state index contributed by atoms with van der Waals surface area (Å²) >= 11 is 0. The van der Waals surface area contributed by atoms with Gasteiger partial charge in [-0.1, -0.05) is 12.1 Å². The Labute approximate surface area is 164 Å². The first kappa shape index (κ1) is 18.9. The second-order valence-corrected chi connectivity index (χ2v) is 7.19. The number of phenols is 1. The zero-order valence-electron chi connectivity index (χ0n) is 15.8. The highest BCUT2D eigenvalue weighted by molar-refractivity contribution is 5.93. The fraction of sp³-hybridized carbons (Fsp3) is 0.500. The minimum absolute atomic E-state index is 0.00916. The van der Waals surface area contributed by atoms with Crippen LogP contribution in [0.4, 0.5) is 0 Å². The van der Waals surface area contributed by atoms with Crippen molar-refractivity contribution in [1.29, 1.82) is 0 Å². The lowest BCUT2D eigenvalue weighted by atomic mass is 10.1. The maximum absolute atomic E-state index is 13.0. The number of phenolic OH excluding ortho intramolecular Hbond substituents is 1. The van der Waals surface area contributed by atoms with Crippen molar-refractivity contribution in [3.63, 3.8) is 0 Å². The van der Waals surface area contributed by atoms with Gasteiger partial charge in [-0.2, -0.15) is 5.10 Å². The van der Waals surface area contributed by atoms with E-state index in [-0.39, 0.29) is 17.8 Å². The molecule has 0 aliphatic carbocycles. The number of nitrogens with one attached hydrogen (secondary N) is 1. The first-order chi connectivity index (χ1) is 13.7. The van der Waals surface area contributed by atoms with Crippen molar-refractivity contribution in [2.45, 2.75) is 12.5 Å². The van der Waals surface area contributed by atoms with Crippen LogP contribution in [0.25, 0.3) is 11.3 Å². The van der Waals surface area contributed by atoms with Gasteiger partial charge >= 0.3 is 0 Å². The molecule has 0 spiro atoms. The second kappa shape index (κ2) is 8.72. The number of carbonyl (C=O) groups excluding carboxylic acids is 1. The number of para-hydroxylation sites is 1. The van der Waals surface area contributed by atoms with Crippen molar-refractivity contribution in [1.82, 2.24) is 20.0 Å². The summed E-state index contributed by atoms with van der Waals surface area (Å²) in [6.45, 7) is 5.97. The monoisotopic (exact) mass is 386 g/mol. The predicted molar refractivity (Wildman–Crippen MR) is 103 cm³/mol.